The van der Waals surface area contributed by atoms with E-state index in [4.69, 9.17) is 0 Å². The summed E-state index contributed by atoms with van der Waals surface area (Å²) in [6, 6.07) is 5.86. The topological polar surface area (TPSA) is 34.1 Å². The highest BCUT2D eigenvalue weighted by Crippen LogP contribution is 2.29. The summed E-state index contributed by atoms with van der Waals surface area (Å²) < 4.78 is 0. The number of carbonyl (C=O) groups is 2. The molecule has 0 aromatic heterocycles. The van der Waals surface area contributed by atoms with E-state index in [0.717, 1.165) is 16.7 Å². The minimum absolute atomic E-state index is 0.0115. The Morgan fingerprint density at radius 3 is 2.69 bits per heavy atom. The molecule has 1 aromatic rings. The van der Waals surface area contributed by atoms with Crippen LogP contribution in [0.1, 0.15) is 35.3 Å². The number of hydrogen-bond acceptors (Lipinski definition) is 2. The third-order valence-electron chi connectivity index (χ3n) is 3.18. The largest absolute Gasteiger partial charge is 0.299 e. The molecule has 84 valence electrons. The number of aryl methyl sites for hydroxylation is 1. The summed E-state index contributed by atoms with van der Waals surface area (Å²) in [5.41, 5.74) is 2.85. The van der Waals surface area contributed by atoms with E-state index in [1.807, 2.05) is 39.0 Å². The van der Waals surface area contributed by atoms with Crippen molar-refractivity contribution in [3.8, 4) is 0 Å². The van der Waals surface area contributed by atoms with Crippen LogP contribution in [0.4, 0.5) is 0 Å². The molecule has 1 atom stereocenters. The Morgan fingerprint density at radius 1 is 1.38 bits per heavy atom. The molecular weight excluding hydrogens is 200 g/mol. The summed E-state index contributed by atoms with van der Waals surface area (Å²) in [6.45, 7) is 5.67. The molecule has 0 spiro atoms. The molecule has 1 unspecified atom stereocenters. The van der Waals surface area contributed by atoms with E-state index in [-0.39, 0.29) is 17.5 Å². The zero-order valence-corrected chi connectivity index (χ0v) is 9.91. The van der Waals surface area contributed by atoms with Crippen molar-refractivity contribution in [2.75, 3.05) is 0 Å². The van der Waals surface area contributed by atoms with E-state index in [1.54, 1.807) is 0 Å². The average Bonchev–Trinajstić information content (AvgIpc) is 2.55. The molecule has 0 saturated heterocycles. The predicted molar refractivity (Wildman–Crippen MR) is 62.5 cm³/mol. The van der Waals surface area contributed by atoms with E-state index >= 15 is 0 Å². The van der Waals surface area contributed by atoms with Gasteiger partial charge in [0.05, 0.1) is 5.92 Å². The monoisotopic (exact) mass is 216 g/mol. The fraction of sp³-hybridized carbons (Fsp3) is 0.429. The van der Waals surface area contributed by atoms with Crippen LogP contribution in [-0.4, -0.2) is 11.6 Å². The first-order valence-electron chi connectivity index (χ1n) is 5.68. The lowest BCUT2D eigenvalue weighted by Gasteiger charge is -2.09. The van der Waals surface area contributed by atoms with Gasteiger partial charge in [-0.1, -0.05) is 31.5 Å². The zero-order valence-electron chi connectivity index (χ0n) is 9.91. The molecular formula is C14H16O2. The molecule has 1 aromatic carbocycles. The van der Waals surface area contributed by atoms with Gasteiger partial charge in [0.1, 0.15) is 5.78 Å². The Kier molecular flexibility index (Phi) is 2.66. The van der Waals surface area contributed by atoms with Crippen LogP contribution in [0.15, 0.2) is 18.2 Å². The van der Waals surface area contributed by atoms with Crippen LogP contribution in [0.5, 0.6) is 0 Å². The summed E-state index contributed by atoms with van der Waals surface area (Å²) >= 11 is 0. The molecule has 0 amide bonds. The average molecular weight is 216 g/mol. The van der Waals surface area contributed by atoms with Gasteiger partial charge < -0.3 is 0 Å². The number of hydrogen-bond donors (Lipinski definition) is 0. The van der Waals surface area contributed by atoms with E-state index in [2.05, 4.69) is 0 Å². The van der Waals surface area contributed by atoms with Gasteiger partial charge in [0.25, 0.3) is 0 Å². The molecule has 0 aliphatic heterocycles. The second kappa shape index (κ2) is 3.85. The van der Waals surface area contributed by atoms with Gasteiger partial charge in [0.2, 0.25) is 0 Å². The lowest BCUT2D eigenvalue weighted by molar-refractivity contribution is -0.124. The fourth-order valence-corrected chi connectivity index (χ4v) is 2.23. The Balaban J connectivity index is 2.35. The summed E-state index contributed by atoms with van der Waals surface area (Å²) in [5.74, 6) is -0.419. The third kappa shape index (κ3) is 1.69. The van der Waals surface area contributed by atoms with Gasteiger partial charge in [-0.25, -0.2) is 0 Å². The second-order valence-electron chi connectivity index (χ2n) is 4.84. The van der Waals surface area contributed by atoms with Gasteiger partial charge in [-0.15, -0.1) is 0 Å². The number of fused-ring (bicyclic) bond motifs is 1. The first kappa shape index (κ1) is 11.1. The molecule has 1 aliphatic rings. The number of benzene rings is 1. The minimum atomic E-state index is -0.434. The van der Waals surface area contributed by atoms with Crippen molar-refractivity contribution < 1.29 is 9.59 Å². The van der Waals surface area contributed by atoms with Crippen LogP contribution in [0.25, 0.3) is 0 Å². The molecule has 16 heavy (non-hydrogen) atoms. The lowest BCUT2D eigenvalue weighted by atomic mass is 9.92. The van der Waals surface area contributed by atoms with Crippen LogP contribution in [-0.2, 0) is 11.2 Å². The van der Waals surface area contributed by atoms with Gasteiger partial charge in [0.15, 0.2) is 5.78 Å². The van der Waals surface area contributed by atoms with Gasteiger partial charge in [-0.2, -0.15) is 0 Å². The van der Waals surface area contributed by atoms with Crippen molar-refractivity contribution in [3.05, 3.63) is 34.9 Å². The van der Waals surface area contributed by atoms with Gasteiger partial charge in [-0.05, 0) is 25.0 Å². The van der Waals surface area contributed by atoms with Crippen LogP contribution >= 0.6 is 0 Å². The maximum atomic E-state index is 12.1. The maximum Gasteiger partial charge on any atom is 0.173 e. The second-order valence-corrected chi connectivity index (χ2v) is 4.84. The number of Topliss-reactive ketones (excluding diaryl/α,β-unsaturated/α-hetero) is 2. The fourth-order valence-electron chi connectivity index (χ4n) is 2.23. The van der Waals surface area contributed by atoms with Crippen LogP contribution in [0, 0.1) is 18.8 Å². The predicted octanol–water partition coefficient (Wildman–Crippen LogP) is 2.58. The standard InChI is InChI=1S/C14H16O2/c1-8(2)13(15)12-7-10-5-4-9(3)6-11(10)14(12)16/h4-6,8,12H,7H2,1-3H3. The molecule has 0 fully saturated rings. The molecule has 0 bridgehead atoms. The number of carbonyl (C=O) groups excluding carboxylic acids is 2. The smallest absolute Gasteiger partial charge is 0.173 e. The zero-order chi connectivity index (χ0) is 11.9. The van der Waals surface area contributed by atoms with Crippen molar-refractivity contribution in [1.82, 2.24) is 0 Å². The lowest BCUT2D eigenvalue weighted by Crippen LogP contribution is -2.24. The van der Waals surface area contributed by atoms with E-state index in [0.29, 0.717) is 6.42 Å². The molecule has 2 rings (SSSR count). The highest BCUT2D eigenvalue weighted by molar-refractivity contribution is 6.14. The van der Waals surface area contributed by atoms with E-state index in [1.165, 1.54) is 0 Å². The Hall–Kier alpha value is -1.44. The molecule has 2 heteroatoms. The Morgan fingerprint density at radius 2 is 2.06 bits per heavy atom. The van der Waals surface area contributed by atoms with Crippen molar-refractivity contribution >= 4 is 11.6 Å². The van der Waals surface area contributed by atoms with Crippen LogP contribution < -0.4 is 0 Å². The van der Waals surface area contributed by atoms with E-state index in [9.17, 15) is 9.59 Å². The first-order chi connectivity index (χ1) is 7.50. The maximum absolute atomic E-state index is 12.1. The molecule has 2 nitrogen and oxygen atoms in total. The summed E-state index contributed by atoms with van der Waals surface area (Å²) in [6.07, 6.45) is 0.589. The molecule has 0 N–H and O–H groups in total. The number of ketones is 2. The summed E-state index contributed by atoms with van der Waals surface area (Å²) in [4.78, 5) is 24.0. The molecule has 0 saturated carbocycles. The molecule has 0 heterocycles. The summed E-state index contributed by atoms with van der Waals surface area (Å²) in [7, 11) is 0. The quantitative estimate of drug-likeness (QED) is 0.712. The van der Waals surface area contributed by atoms with Crippen molar-refractivity contribution in [1.29, 1.82) is 0 Å². The van der Waals surface area contributed by atoms with Crippen LogP contribution in [0.2, 0.25) is 0 Å². The van der Waals surface area contributed by atoms with Crippen molar-refractivity contribution in [2.24, 2.45) is 11.8 Å². The summed E-state index contributed by atoms with van der Waals surface area (Å²) in [5, 5.41) is 0. The third-order valence-corrected chi connectivity index (χ3v) is 3.18. The molecule has 1 aliphatic carbocycles. The van der Waals surface area contributed by atoms with E-state index < -0.39 is 5.92 Å². The van der Waals surface area contributed by atoms with Crippen LogP contribution in [0.3, 0.4) is 0 Å². The first-order valence-corrected chi connectivity index (χ1v) is 5.68. The number of rotatable bonds is 2. The Bertz CT molecular complexity index is 458. The van der Waals surface area contributed by atoms with Crippen molar-refractivity contribution in [3.63, 3.8) is 0 Å². The molecule has 0 radical (unpaired) electrons. The minimum Gasteiger partial charge on any atom is -0.299 e. The highest BCUT2D eigenvalue weighted by atomic mass is 16.2. The van der Waals surface area contributed by atoms with Gasteiger partial charge in [0, 0.05) is 11.5 Å². The van der Waals surface area contributed by atoms with Gasteiger partial charge >= 0.3 is 0 Å². The SMILES string of the molecule is Cc1ccc2c(c1)C(=O)C(C(=O)C(C)C)C2. The van der Waals surface area contributed by atoms with Gasteiger partial charge in [-0.3, -0.25) is 9.59 Å². The highest BCUT2D eigenvalue weighted by Gasteiger charge is 2.36. The normalized spacial score (nSPS) is 19.0. The van der Waals surface area contributed by atoms with Crippen molar-refractivity contribution in [2.45, 2.75) is 27.2 Å². The Labute approximate surface area is 95.7 Å².